The molecule has 1 aliphatic rings. The van der Waals surface area contributed by atoms with Crippen LogP contribution in [0.25, 0.3) is 0 Å². The van der Waals surface area contributed by atoms with Gasteiger partial charge in [0.1, 0.15) is 17.7 Å². The predicted molar refractivity (Wildman–Crippen MR) is 104 cm³/mol. The Morgan fingerprint density at radius 2 is 2.08 bits per heavy atom. The van der Waals surface area contributed by atoms with Gasteiger partial charge in [0, 0.05) is 25.6 Å². The number of aryl methyl sites for hydroxylation is 1. The summed E-state index contributed by atoms with van der Waals surface area (Å²) >= 11 is 0. The van der Waals surface area contributed by atoms with Crippen molar-refractivity contribution in [3.05, 3.63) is 53.7 Å². The van der Waals surface area contributed by atoms with Crippen LogP contribution in [-0.2, 0) is 11.2 Å². The van der Waals surface area contributed by atoms with E-state index in [0.29, 0.717) is 0 Å². The van der Waals surface area contributed by atoms with E-state index >= 15 is 0 Å². The summed E-state index contributed by atoms with van der Waals surface area (Å²) in [6, 6.07) is 14.2. The molecule has 1 fully saturated rings. The second-order valence-corrected chi connectivity index (χ2v) is 6.81. The van der Waals surface area contributed by atoms with Gasteiger partial charge in [-0.3, -0.25) is 4.79 Å². The highest BCUT2D eigenvalue weighted by Crippen LogP contribution is 2.24. The molecule has 0 aliphatic carbocycles. The van der Waals surface area contributed by atoms with Gasteiger partial charge in [-0.05, 0) is 43.2 Å². The highest BCUT2D eigenvalue weighted by atomic mass is 16.5. The van der Waals surface area contributed by atoms with E-state index in [-0.39, 0.29) is 18.1 Å². The van der Waals surface area contributed by atoms with Gasteiger partial charge in [0.2, 0.25) is 5.91 Å². The summed E-state index contributed by atoms with van der Waals surface area (Å²) in [7, 11) is 0. The zero-order chi connectivity index (χ0) is 18.5. The number of nitrogens with one attached hydrogen (secondary N) is 1. The third-order valence-electron chi connectivity index (χ3n) is 4.73. The van der Waals surface area contributed by atoms with E-state index in [1.165, 1.54) is 6.92 Å². The standard InChI is InChI=1S/C21H27N3O2/c1-4-18-6-5-7-21(23-18)24-13-12-20(14-24)26-19-10-8-17(9-11-19)15(2)22-16(3)25/h5-11,15,20H,4,12-14H2,1-3H3,(H,22,25)/t15-,20+/m0/s1. The number of benzene rings is 1. The maximum atomic E-state index is 11.2. The first-order valence-corrected chi connectivity index (χ1v) is 9.29. The largest absolute Gasteiger partial charge is 0.489 e. The SMILES string of the molecule is CCc1cccc(N2CC[C@@H](Oc3ccc([C@H](C)NC(C)=O)cc3)C2)n1. The number of carbonyl (C=O) groups is 1. The molecule has 1 amide bonds. The average molecular weight is 353 g/mol. The molecule has 0 radical (unpaired) electrons. The van der Waals surface area contributed by atoms with Gasteiger partial charge >= 0.3 is 0 Å². The Hall–Kier alpha value is -2.56. The molecule has 1 N–H and O–H groups in total. The van der Waals surface area contributed by atoms with Crippen LogP contribution in [0.1, 0.15) is 44.5 Å². The van der Waals surface area contributed by atoms with Gasteiger partial charge < -0.3 is 15.0 Å². The lowest BCUT2D eigenvalue weighted by Gasteiger charge is -2.19. The molecule has 26 heavy (non-hydrogen) atoms. The number of hydrogen-bond donors (Lipinski definition) is 1. The van der Waals surface area contributed by atoms with Crippen molar-refractivity contribution in [2.75, 3.05) is 18.0 Å². The lowest BCUT2D eigenvalue weighted by atomic mass is 10.1. The molecule has 0 bridgehead atoms. The molecule has 2 aromatic rings. The molecule has 5 nitrogen and oxygen atoms in total. The Morgan fingerprint density at radius 3 is 2.77 bits per heavy atom. The van der Waals surface area contributed by atoms with E-state index in [1.807, 2.05) is 31.2 Å². The van der Waals surface area contributed by atoms with Crippen molar-refractivity contribution in [1.29, 1.82) is 0 Å². The fraction of sp³-hybridized carbons (Fsp3) is 0.429. The van der Waals surface area contributed by atoms with Crippen LogP contribution < -0.4 is 15.0 Å². The maximum absolute atomic E-state index is 11.2. The van der Waals surface area contributed by atoms with Crippen LogP contribution in [0.3, 0.4) is 0 Å². The molecule has 1 aromatic carbocycles. The lowest BCUT2D eigenvalue weighted by Crippen LogP contribution is -2.25. The average Bonchev–Trinajstić information content (AvgIpc) is 3.10. The molecule has 1 aromatic heterocycles. The molecule has 0 unspecified atom stereocenters. The number of carbonyl (C=O) groups excluding carboxylic acids is 1. The van der Waals surface area contributed by atoms with Crippen molar-refractivity contribution in [2.45, 2.75) is 45.8 Å². The van der Waals surface area contributed by atoms with E-state index in [9.17, 15) is 4.79 Å². The topological polar surface area (TPSA) is 54.5 Å². The first-order valence-electron chi connectivity index (χ1n) is 9.29. The number of amides is 1. The summed E-state index contributed by atoms with van der Waals surface area (Å²) in [5.41, 5.74) is 2.19. The zero-order valence-electron chi connectivity index (χ0n) is 15.7. The molecule has 2 heterocycles. The molecule has 3 rings (SSSR count). The molecule has 5 heteroatoms. The van der Waals surface area contributed by atoms with E-state index in [4.69, 9.17) is 9.72 Å². The van der Waals surface area contributed by atoms with Crippen molar-refractivity contribution in [3.63, 3.8) is 0 Å². The third kappa shape index (κ3) is 4.54. The first kappa shape index (κ1) is 18.2. The van der Waals surface area contributed by atoms with Gasteiger partial charge in [0.15, 0.2) is 0 Å². The van der Waals surface area contributed by atoms with Gasteiger partial charge in [-0.15, -0.1) is 0 Å². The smallest absolute Gasteiger partial charge is 0.217 e. The molecule has 0 saturated carbocycles. The normalized spacial score (nSPS) is 17.8. The molecule has 138 valence electrons. The molecular weight excluding hydrogens is 326 g/mol. The first-order chi connectivity index (χ1) is 12.5. The van der Waals surface area contributed by atoms with Crippen LogP contribution >= 0.6 is 0 Å². The number of hydrogen-bond acceptors (Lipinski definition) is 4. The lowest BCUT2D eigenvalue weighted by molar-refractivity contribution is -0.119. The van der Waals surface area contributed by atoms with E-state index in [2.05, 4.69) is 35.3 Å². The molecular formula is C21H27N3O2. The molecule has 1 saturated heterocycles. The van der Waals surface area contributed by atoms with Crippen LogP contribution in [0.15, 0.2) is 42.5 Å². The van der Waals surface area contributed by atoms with Gasteiger partial charge in [-0.25, -0.2) is 4.98 Å². The number of pyridine rings is 1. The number of ether oxygens (including phenoxy) is 1. The Balaban J connectivity index is 1.57. The fourth-order valence-corrected chi connectivity index (χ4v) is 3.29. The van der Waals surface area contributed by atoms with Gasteiger partial charge in [0.05, 0.1) is 12.6 Å². The van der Waals surface area contributed by atoms with Gasteiger partial charge in [-0.1, -0.05) is 25.1 Å². The monoisotopic (exact) mass is 353 g/mol. The Bertz CT molecular complexity index is 745. The summed E-state index contributed by atoms with van der Waals surface area (Å²) in [6.45, 7) is 7.44. The second kappa shape index (κ2) is 8.21. The van der Waals surface area contributed by atoms with E-state index < -0.39 is 0 Å². The number of anilines is 1. The van der Waals surface area contributed by atoms with Gasteiger partial charge in [-0.2, -0.15) is 0 Å². The van der Waals surface area contributed by atoms with Crippen LogP contribution in [0.5, 0.6) is 5.75 Å². The minimum Gasteiger partial charge on any atom is -0.489 e. The van der Waals surface area contributed by atoms with Crippen LogP contribution in [0.4, 0.5) is 5.82 Å². The Labute approximate surface area is 155 Å². The highest BCUT2D eigenvalue weighted by Gasteiger charge is 2.25. The number of aromatic nitrogens is 1. The predicted octanol–water partition coefficient (Wildman–Crippen LogP) is 3.50. The van der Waals surface area contributed by atoms with Crippen LogP contribution in [0, 0.1) is 0 Å². The summed E-state index contributed by atoms with van der Waals surface area (Å²) in [6.07, 6.45) is 2.10. The summed E-state index contributed by atoms with van der Waals surface area (Å²) in [5, 5.41) is 2.89. The number of rotatable bonds is 6. The number of nitrogens with zero attached hydrogens (tertiary/aromatic N) is 2. The minimum absolute atomic E-state index is 0.000406. The van der Waals surface area contributed by atoms with Crippen molar-refractivity contribution < 1.29 is 9.53 Å². The third-order valence-corrected chi connectivity index (χ3v) is 4.73. The van der Waals surface area contributed by atoms with E-state index in [1.54, 1.807) is 0 Å². The summed E-state index contributed by atoms with van der Waals surface area (Å²) < 4.78 is 6.14. The Morgan fingerprint density at radius 1 is 1.31 bits per heavy atom. The maximum Gasteiger partial charge on any atom is 0.217 e. The van der Waals surface area contributed by atoms with E-state index in [0.717, 1.165) is 48.8 Å². The zero-order valence-corrected chi connectivity index (χ0v) is 15.7. The van der Waals surface area contributed by atoms with Crippen molar-refractivity contribution in [1.82, 2.24) is 10.3 Å². The highest BCUT2D eigenvalue weighted by molar-refractivity contribution is 5.73. The van der Waals surface area contributed by atoms with Gasteiger partial charge in [0.25, 0.3) is 0 Å². The summed E-state index contributed by atoms with van der Waals surface area (Å²) in [4.78, 5) is 18.2. The second-order valence-electron chi connectivity index (χ2n) is 6.81. The minimum atomic E-state index is -0.0235. The fourth-order valence-electron chi connectivity index (χ4n) is 3.29. The molecule has 0 spiro atoms. The Kier molecular flexibility index (Phi) is 5.76. The van der Waals surface area contributed by atoms with Crippen LogP contribution in [0.2, 0.25) is 0 Å². The van der Waals surface area contributed by atoms with Crippen molar-refractivity contribution in [2.24, 2.45) is 0 Å². The van der Waals surface area contributed by atoms with Crippen molar-refractivity contribution >= 4 is 11.7 Å². The summed E-state index contributed by atoms with van der Waals surface area (Å²) in [5.74, 6) is 1.88. The molecule has 2 atom stereocenters. The van der Waals surface area contributed by atoms with Crippen molar-refractivity contribution in [3.8, 4) is 5.75 Å². The van der Waals surface area contributed by atoms with Crippen LogP contribution in [-0.4, -0.2) is 30.1 Å². The quantitative estimate of drug-likeness (QED) is 0.864. The molecule has 1 aliphatic heterocycles.